The maximum absolute atomic E-state index is 8.06. The average molecular weight is 548 g/mol. The van der Waals surface area contributed by atoms with Crippen LogP contribution in [0.3, 0.4) is 0 Å². The van der Waals surface area contributed by atoms with Gasteiger partial charge in [0.25, 0.3) is 0 Å². The molecule has 0 atom stereocenters. The average Bonchev–Trinajstić information content (AvgIpc) is 3.47. The smallest absolute Gasteiger partial charge is 0.143 e. The van der Waals surface area contributed by atoms with Gasteiger partial charge in [-0.3, -0.25) is 0 Å². The molecule has 0 saturated carbocycles. The highest BCUT2D eigenvalue weighted by molar-refractivity contribution is 6.26. The third-order valence-corrected chi connectivity index (χ3v) is 8.78. The van der Waals surface area contributed by atoms with Crippen molar-refractivity contribution >= 4 is 54.3 Å². The molecule has 0 saturated heterocycles. The third-order valence-electron chi connectivity index (χ3n) is 8.78. The molecule has 43 heavy (non-hydrogen) atoms. The van der Waals surface area contributed by atoms with Gasteiger partial charge in [0.1, 0.15) is 11.2 Å². The van der Waals surface area contributed by atoms with Crippen LogP contribution in [0.1, 0.15) is 1.37 Å². The van der Waals surface area contributed by atoms with Crippen molar-refractivity contribution in [3.05, 3.63) is 158 Å². The van der Waals surface area contributed by atoms with Crippen LogP contribution in [0.25, 0.3) is 87.6 Å². The molecule has 9 aromatic rings. The zero-order valence-corrected chi connectivity index (χ0v) is 23.3. The quantitative estimate of drug-likeness (QED) is 0.201. The van der Waals surface area contributed by atoms with Crippen LogP contribution in [-0.2, 0) is 0 Å². The molecule has 0 unspecified atom stereocenters. The fourth-order valence-electron chi connectivity index (χ4n) is 6.91. The lowest BCUT2D eigenvalue weighted by molar-refractivity contribution is 0.670. The van der Waals surface area contributed by atoms with Gasteiger partial charge in [-0.1, -0.05) is 146 Å². The van der Waals surface area contributed by atoms with Crippen LogP contribution in [0.2, 0.25) is 0 Å². The second-order valence-corrected chi connectivity index (χ2v) is 11.2. The summed E-state index contributed by atoms with van der Waals surface area (Å²) < 4.78 is 14.7. The van der Waals surface area contributed by atoms with Crippen molar-refractivity contribution in [2.45, 2.75) is 0 Å². The summed E-state index contributed by atoms with van der Waals surface area (Å²) in [6, 6.07) is 53.9. The molecule has 0 amide bonds. The molecule has 9 rings (SSSR count). The van der Waals surface area contributed by atoms with E-state index < -0.39 is 0 Å². The highest BCUT2D eigenvalue weighted by atomic mass is 16.3. The van der Waals surface area contributed by atoms with Gasteiger partial charge < -0.3 is 4.42 Å². The Hall–Kier alpha value is -5.66. The molecule has 0 spiro atoms. The van der Waals surface area contributed by atoms with E-state index in [4.69, 9.17) is 5.79 Å². The Morgan fingerprint density at radius 2 is 1.07 bits per heavy atom. The van der Waals surface area contributed by atoms with Gasteiger partial charge in [-0.25, -0.2) is 0 Å². The van der Waals surface area contributed by atoms with Crippen molar-refractivity contribution in [3.8, 4) is 33.4 Å². The van der Waals surface area contributed by atoms with Crippen molar-refractivity contribution in [3.63, 3.8) is 0 Å². The third kappa shape index (κ3) is 3.65. The Morgan fingerprint density at radius 3 is 1.84 bits per heavy atom. The fourth-order valence-corrected chi connectivity index (χ4v) is 6.91. The zero-order chi connectivity index (χ0) is 29.2. The molecule has 1 nitrogen and oxygen atoms in total. The molecule has 0 aliphatic rings. The molecule has 1 heterocycles. The van der Waals surface area contributed by atoms with Crippen LogP contribution in [0.15, 0.2) is 162 Å². The van der Waals surface area contributed by atoms with E-state index in [9.17, 15) is 0 Å². The molecule has 8 aromatic carbocycles. The summed E-state index contributed by atoms with van der Waals surface area (Å²) in [7, 11) is 0. The van der Waals surface area contributed by atoms with E-state index in [1.807, 2.05) is 24.3 Å². The van der Waals surface area contributed by atoms with Crippen LogP contribution in [0.4, 0.5) is 0 Å². The van der Waals surface area contributed by atoms with Gasteiger partial charge in [-0.2, -0.15) is 0 Å². The maximum atomic E-state index is 8.06. The maximum Gasteiger partial charge on any atom is 0.143 e. The van der Waals surface area contributed by atoms with Crippen molar-refractivity contribution in [1.82, 2.24) is 0 Å². The van der Waals surface area contributed by atoms with E-state index in [1.54, 1.807) is 0 Å². The predicted octanol–water partition coefficient (Wildman–Crippen LogP) is 12.0. The monoisotopic (exact) mass is 547 g/mol. The Kier molecular flexibility index (Phi) is 5.04. The number of benzene rings is 8. The van der Waals surface area contributed by atoms with Crippen molar-refractivity contribution in [2.24, 2.45) is 0 Å². The number of para-hydroxylation sites is 1. The molecular weight excluding hydrogens is 520 g/mol. The van der Waals surface area contributed by atoms with Crippen LogP contribution >= 0.6 is 0 Å². The number of rotatable bonds is 3. The minimum Gasteiger partial charge on any atom is -0.455 e. The standard InChI is InChI=1S/C42H26O/c1-2-13-28(14-3-1)31-20-10-22-37-41-36(21-11-23-38(41)43-42(31)37)40-34-18-8-6-16-32(34)39(33-17-7-9-19-35(33)40)30-25-24-27-12-4-5-15-29(27)26-30/h1-26H/i4D. The van der Waals surface area contributed by atoms with Crippen molar-refractivity contribution in [1.29, 1.82) is 0 Å². The summed E-state index contributed by atoms with van der Waals surface area (Å²) in [6.07, 6.45) is 0. The summed E-state index contributed by atoms with van der Waals surface area (Å²) in [5.74, 6) is 0. The van der Waals surface area contributed by atoms with Gasteiger partial charge in [-0.05, 0) is 72.3 Å². The van der Waals surface area contributed by atoms with E-state index in [0.717, 1.165) is 43.8 Å². The molecule has 1 heteroatoms. The summed E-state index contributed by atoms with van der Waals surface area (Å²) in [5.41, 5.74) is 8.85. The first kappa shape index (κ1) is 23.0. The predicted molar refractivity (Wildman–Crippen MR) is 183 cm³/mol. The minimum absolute atomic E-state index is 0.530. The molecule has 0 aliphatic carbocycles. The first-order valence-electron chi connectivity index (χ1n) is 15.2. The summed E-state index contributed by atoms with van der Waals surface area (Å²) in [5, 5.41) is 9.34. The molecule has 0 aliphatic heterocycles. The fraction of sp³-hybridized carbons (Fsp3) is 0. The van der Waals surface area contributed by atoms with Gasteiger partial charge >= 0.3 is 0 Å². The second kappa shape index (κ2) is 9.44. The normalized spacial score (nSPS) is 12.0. The lowest BCUT2D eigenvalue weighted by Crippen LogP contribution is -1.91. The minimum atomic E-state index is 0.530. The van der Waals surface area contributed by atoms with Crippen molar-refractivity contribution < 1.29 is 5.79 Å². The molecule has 0 N–H and O–H groups in total. The molecule has 0 fully saturated rings. The van der Waals surface area contributed by atoms with Gasteiger partial charge in [0.2, 0.25) is 0 Å². The first-order valence-corrected chi connectivity index (χ1v) is 14.7. The van der Waals surface area contributed by atoms with Crippen LogP contribution in [-0.4, -0.2) is 0 Å². The van der Waals surface area contributed by atoms with E-state index >= 15 is 0 Å². The zero-order valence-electron chi connectivity index (χ0n) is 24.3. The van der Waals surface area contributed by atoms with E-state index in [2.05, 4.69) is 127 Å². The van der Waals surface area contributed by atoms with Gasteiger partial charge in [0.15, 0.2) is 0 Å². The lowest BCUT2D eigenvalue weighted by Gasteiger charge is -2.18. The number of fused-ring (bicyclic) bond motifs is 6. The molecule has 1 aromatic heterocycles. The highest BCUT2D eigenvalue weighted by Gasteiger charge is 2.21. The second-order valence-electron chi connectivity index (χ2n) is 11.2. The SMILES string of the molecule is [2H]c1ccc2cc(-c3c4ccccc4c(-c4cccc5oc6c(-c7ccccc7)cccc6c45)c4ccccc34)ccc2c1. The summed E-state index contributed by atoms with van der Waals surface area (Å²) in [6.45, 7) is 0. The molecule has 200 valence electrons. The van der Waals surface area contributed by atoms with Crippen LogP contribution in [0.5, 0.6) is 0 Å². The highest BCUT2D eigenvalue weighted by Crippen LogP contribution is 2.47. The summed E-state index contributed by atoms with van der Waals surface area (Å²) >= 11 is 0. The Labute approximate surface area is 250 Å². The largest absolute Gasteiger partial charge is 0.455 e. The first-order chi connectivity index (χ1) is 21.7. The van der Waals surface area contributed by atoms with E-state index in [0.29, 0.717) is 6.04 Å². The number of furan rings is 1. The van der Waals surface area contributed by atoms with Gasteiger partial charge in [-0.15, -0.1) is 0 Å². The number of hydrogen-bond acceptors (Lipinski definition) is 1. The van der Waals surface area contributed by atoms with E-state index in [1.165, 1.54) is 43.8 Å². The van der Waals surface area contributed by atoms with E-state index in [-0.39, 0.29) is 0 Å². The van der Waals surface area contributed by atoms with Crippen molar-refractivity contribution in [2.75, 3.05) is 0 Å². The summed E-state index contributed by atoms with van der Waals surface area (Å²) in [4.78, 5) is 0. The van der Waals surface area contributed by atoms with Gasteiger partial charge in [0.05, 0.1) is 1.37 Å². The topological polar surface area (TPSA) is 13.1 Å². The Morgan fingerprint density at radius 1 is 0.419 bits per heavy atom. The molecule has 0 radical (unpaired) electrons. The van der Waals surface area contributed by atoms with Gasteiger partial charge in [0, 0.05) is 16.3 Å². The van der Waals surface area contributed by atoms with Crippen LogP contribution < -0.4 is 0 Å². The Bertz CT molecular complexity index is 2500. The molecular formula is C42H26O. The molecule has 0 bridgehead atoms. The number of hydrogen-bond donors (Lipinski definition) is 0. The lowest BCUT2D eigenvalue weighted by atomic mass is 9.84. The Balaban J connectivity index is 1.38. The van der Waals surface area contributed by atoms with Crippen LogP contribution in [0, 0.1) is 0 Å².